The molecule has 5 N–H and O–H groups in total. The zero-order valence-corrected chi connectivity index (χ0v) is 41.2. The summed E-state index contributed by atoms with van der Waals surface area (Å²) in [4.78, 5) is 57.4. The van der Waals surface area contributed by atoms with Crippen molar-refractivity contribution in [3.63, 3.8) is 0 Å². The minimum atomic E-state index is -1.10. The van der Waals surface area contributed by atoms with Crippen LogP contribution in [-0.4, -0.2) is 103 Å². The van der Waals surface area contributed by atoms with Crippen molar-refractivity contribution in [3.8, 4) is 22.6 Å². The van der Waals surface area contributed by atoms with Gasteiger partial charge in [-0.05, 0) is 117 Å². The van der Waals surface area contributed by atoms with Crippen LogP contribution < -0.4 is 30.7 Å². The van der Waals surface area contributed by atoms with Gasteiger partial charge in [0, 0.05) is 85.0 Å². The highest BCUT2D eigenvalue weighted by atomic mass is 35.5. The quantitative estimate of drug-likeness (QED) is 0.0902. The Morgan fingerprint density at radius 1 is 0.875 bits per heavy atom. The van der Waals surface area contributed by atoms with Gasteiger partial charge in [-0.25, -0.2) is 13.6 Å². The summed E-state index contributed by atoms with van der Waals surface area (Å²) in [6.07, 6.45) is 7.39. The van der Waals surface area contributed by atoms with Gasteiger partial charge in [0.15, 0.2) is 17.2 Å². The molecule has 2 atom stereocenters. The normalized spacial score (nSPS) is 23.2. The Morgan fingerprint density at radius 3 is 2.32 bits per heavy atom. The molecule has 5 amide bonds. The molecule has 4 heterocycles. The van der Waals surface area contributed by atoms with Crippen LogP contribution in [0.1, 0.15) is 104 Å². The molecule has 4 fully saturated rings. The number of carbonyl (C=O) groups excluding carboxylic acids is 4. The van der Waals surface area contributed by atoms with E-state index in [1.165, 1.54) is 23.8 Å². The van der Waals surface area contributed by atoms with Crippen LogP contribution in [0.4, 0.5) is 19.3 Å². The van der Waals surface area contributed by atoms with E-state index >= 15 is 8.78 Å². The summed E-state index contributed by atoms with van der Waals surface area (Å²) in [7, 11) is 0. The molecule has 0 spiro atoms. The number of nitrogens with zero attached hydrogens (tertiary/aromatic N) is 3. The average Bonchev–Trinajstić information content (AvgIpc) is 3.68. The number of benzene rings is 5. The summed E-state index contributed by atoms with van der Waals surface area (Å²) in [5.41, 5.74) is 7.43. The molecular formula is C56H61ClF2N6O7. The lowest BCUT2D eigenvalue weighted by Crippen LogP contribution is -2.51. The lowest BCUT2D eigenvalue weighted by atomic mass is 9.77. The lowest BCUT2D eigenvalue weighted by molar-refractivity contribution is -0.138. The van der Waals surface area contributed by atoms with E-state index in [9.17, 15) is 24.3 Å². The van der Waals surface area contributed by atoms with Crippen LogP contribution >= 0.6 is 11.6 Å². The first kappa shape index (κ1) is 49.4. The Balaban J connectivity index is 0.748. The van der Waals surface area contributed by atoms with Crippen molar-refractivity contribution in [2.24, 2.45) is 11.7 Å². The van der Waals surface area contributed by atoms with Crippen LogP contribution in [0.3, 0.4) is 0 Å². The molecule has 2 unspecified atom stereocenters. The number of hydrogen-bond acceptors (Lipinski definition) is 9. The maximum Gasteiger partial charge on any atom is 0.328 e. The number of imide groups is 1. The predicted octanol–water partition coefficient (Wildman–Crippen LogP) is 8.77. The average molecular weight is 1000 g/mol. The first-order valence-corrected chi connectivity index (χ1v) is 25.7. The molecule has 0 aromatic heterocycles. The van der Waals surface area contributed by atoms with Crippen molar-refractivity contribution < 1.29 is 42.5 Å². The monoisotopic (exact) mass is 1000 g/mol. The third kappa shape index (κ3) is 9.52. The predicted molar refractivity (Wildman–Crippen MR) is 271 cm³/mol. The summed E-state index contributed by atoms with van der Waals surface area (Å²) in [6, 6.07) is 26.1. The summed E-state index contributed by atoms with van der Waals surface area (Å²) >= 11 is 6.73. The second-order valence-electron chi connectivity index (χ2n) is 20.1. The fraction of sp³-hybridized carbons (Fsp3) is 0.429. The molecule has 72 heavy (non-hydrogen) atoms. The SMILES string of the molecule is CC1c2c(cc(F)c(Cl)c2-c2c(C(N)=O)ccc(OCCO)c2F)OC1(CNC1CCC(C(=O)N2CCC(N3CCC(c4ccc5ccc(N6CCC(=O)NC6=O)cc5c4)CC3)CC2)CC1)c1ccccc1. The highest BCUT2D eigenvalue weighted by Crippen LogP contribution is 2.56. The van der Waals surface area contributed by atoms with Crippen LogP contribution in [0.15, 0.2) is 84.9 Å². The van der Waals surface area contributed by atoms with Gasteiger partial charge in [-0.3, -0.25) is 24.6 Å². The number of hydrogen-bond donors (Lipinski definition) is 4. The molecule has 5 aromatic rings. The molecule has 0 radical (unpaired) electrons. The van der Waals surface area contributed by atoms with Gasteiger partial charge in [0.25, 0.3) is 0 Å². The number of aliphatic hydroxyl groups is 1. The first-order valence-electron chi connectivity index (χ1n) is 25.4. The second kappa shape index (κ2) is 20.8. The number of nitrogens with one attached hydrogen (secondary N) is 2. The molecule has 5 aliphatic rings. The molecule has 1 saturated carbocycles. The molecule has 5 aromatic carbocycles. The standard InChI is InChI=1S/C56H61ClF2N6O7/c1-33-48-46(31-44(58)51(57)50(48)49-43(53(60)68)15-16-45(52(49)59)71-28-27-66)72-56(33,39-5-3-2-4-6-39)32-61-40-12-9-36(10-13-40)54(69)64-24-19-41(20-25-64)63-22-17-35(18-23-63)37-8-7-34-11-14-42(30-38(34)29-37)65-26-21-47(67)62-55(65)70/h2-8,11,14-16,29-31,33,35-36,40-41,61,66H,9-10,12-13,17-28,32H2,1H3,(H2,60,68)(H,62,67,70). The van der Waals surface area contributed by atoms with Gasteiger partial charge >= 0.3 is 6.03 Å². The largest absolute Gasteiger partial charge is 0.488 e. The molecule has 10 rings (SSSR count). The van der Waals surface area contributed by atoms with Gasteiger partial charge in [0.2, 0.25) is 17.7 Å². The van der Waals surface area contributed by atoms with E-state index in [0.29, 0.717) is 30.6 Å². The summed E-state index contributed by atoms with van der Waals surface area (Å²) < 4.78 is 44.6. The van der Waals surface area contributed by atoms with Crippen LogP contribution in [0.5, 0.6) is 11.5 Å². The maximum absolute atomic E-state index is 16.5. The smallest absolute Gasteiger partial charge is 0.328 e. The molecule has 378 valence electrons. The number of rotatable bonds is 13. The number of anilines is 1. The molecule has 0 bridgehead atoms. The van der Waals surface area contributed by atoms with Crippen molar-refractivity contribution in [2.75, 3.05) is 57.4 Å². The number of piperidine rings is 2. The topological polar surface area (TPSA) is 167 Å². The molecule has 1 aliphatic carbocycles. The highest BCUT2D eigenvalue weighted by Gasteiger charge is 2.50. The van der Waals surface area contributed by atoms with E-state index in [-0.39, 0.29) is 77.6 Å². The third-order valence-electron chi connectivity index (χ3n) is 16.1. The van der Waals surface area contributed by atoms with E-state index in [1.54, 1.807) is 4.90 Å². The Bertz CT molecular complexity index is 2880. The van der Waals surface area contributed by atoms with Crippen LogP contribution in [0.25, 0.3) is 21.9 Å². The fourth-order valence-electron chi connectivity index (χ4n) is 12.1. The summed E-state index contributed by atoms with van der Waals surface area (Å²) in [6.45, 7) is 5.53. The number of nitrogens with two attached hydrogens (primary N) is 1. The fourth-order valence-corrected chi connectivity index (χ4v) is 12.4. The molecule has 16 heteroatoms. The first-order chi connectivity index (χ1) is 34.8. The van der Waals surface area contributed by atoms with Crippen molar-refractivity contribution in [3.05, 3.63) is 124 Å². The number of aliphatic hydroxyl groups excluding tert-OH is 1. The Morgan fingerprint density at radius 2 is 1.61 bits per heavy atom. The Labute approximate surface area is 422 Å². The molecule has 13 nitrogen and oxygen atoms in total. The minimum Gasteiger partial charge on any atom is -0.488 e. The number of likely N-dealkylation sites (tertiary alicyclic amines) is 2. The zero-order chi connectivity index (χ0) is 50.3. The van der Waals surface area contributed by atoms with Gasteiger partial charge < -0.3 is 35.4 Å². The summed E-state index contributed by atoms with van der Waals surface area (Å²) in [5, 5.41) is 17.4. The molecular weight excluding hydrogens is 942 g/mol. The molecule has 3 saturated heterocycles. The Hall–Kier alpha value is -6.13. The van der Waals surface area contributed by atoms with Crippen molar-refractivity contribution in [2.45, 2.75) is 94.2 Å². The Kier molecular flexibility index (Phi) is 14.3. The lowest BCUT2D eigenvalue weighted by Gasteiger charge is -2.43. The summed E-state index contributed by atoms with van der Waals surface area (Å²) in [5.74, 6) is -3.02. The van der Waals surface area contributed by atoms with Crippen molar-refractivity contribution >= 4 is 51.8 Å². The minimum absolute atomic E-state index is 0.0492. The van der Waals surface area contributed by atoms with Crippen LogP contribution in [0.2, 0.25) is 5.02 Å². The van der Waals surface area contributed by atoms with Crippen molar-refractivity contribution in [1.29, 1.82) is 0 Å². The van der Waals surface area contributed by atoms with Gasteiger partial charge in [-0.2, -0.15) is 0 Å². The van der Waals surface area contributed by atoms with Gasteiger partial charge in [0.05, 0.1) is 17.2 Å². The zero-order valence-electron chi connectivity index (χ0n) is 40.4. The van der Waals surface area contributed by atoms with E-state index in [1.807, 2.05) is 55.5 Å². The van der Waals surface area contributed by atoms with Crippen LogP contribution in [-0.2, 0) is 15.2 Å². The van der Waals surface area contributed by atoms with Crippen LogP contribution in [0, 0.1) is 17.6 Å². The van der Waals surface area contributed by atoms with Gasteiger partial charge in [0.1, 0.15) is 18.2 Å². The maximum atomic E-state index is 16.5. The number of amides is 5. The highest BCUT2D eigenvalue weighted by molar-refractivity contribution is 6.34. The number of urea groups is 1. The van der Waals surface area contributed by atoms with Gasteiger partial charge in [-0.1, -0.05) is 73.1 Å². The third-order valence-corrected chi connectivity index (χ3v) is 16.5. The van der Waals surface area contributed by atoms with Crippen molar-refractivity contribution in [1.82, 2.24) is 20.4 Å². The van der Waals surface area contributed by atoms with E-state index in [2.05, 4.69) is 38.6 Å². The molecule has 4 aliphatic heterocycles. The van der Waals surface area contributed by atoms with E-state index in [0.717, 1.165) is 99.6 Å². The number of primary amides is 1. The number of halogens is 3. The second-order valence-corrected chi connectivity index (χ2v) is 20.5. The van der Waals surface area contributed by atoms with E-state index < -0.39 is 34.1 Å². The number of ether oxygens (including phenoxy) is 2. The number of carbonyl (C=O) groups is 4. The number of fused-ring (bicyclic) bond motifs is 2. The van der Waals surface area contributed by atoms with Gasteiger partial charge in [-0.15, -0.1) is 0 Å². The van der Waals surface area contributed by atoms with E-state index in [4.69, 9.17) is 26.8 Å².